The molecule has 0 aliphatic heterocycles. The van der Waals surface area contributed by atoms with E-state index in [0.717, 1.165) is 51.4 Å². The molecular formula is C67H125NO5. The Morgan fingerprint density at radius 1 is 0.384 bits per heavy atom. The lowest BCUT2D eigenvalue weighted by Crippen LogP contribution is -2.45. The number of nitrogens with one attached hydrogen (secondary N) is 1. The van der Waals surface area contributed by atoms with Gasteiger partial charge in [-0.15, -0.1) is 0 Å². The van der Waals surface area contributed by atoms with E-state index >= 15 is 0 Å². The van der Waals surface area contributed by atoms with E-state index in [1.54, 1.807) is 6.08 Å². The van der Waals surface area contributed by atoms with Gasteiger partial charge in [-0.1, -0.05) is 294 Å². The number of amides is 1. The first-order valence-electron chi connectivity index (χ1n) is 32.4. The average molecular weight is 1020 g/mol. The Morgan fingerprint density at radius 2 is 0.699 bits per heavy atom. The molecular weight excluding hydrogens is 899 g/mol. The van der Waals surface area contributed by atoms with Gasteiger partial charge in [0, 0.05) is 12.8 Å². The number of hydrogen-bond donors (Lipinski definition) is 3. The molecule has 0 fully saturated rings. The lowest BCUT2D eigenvalue weighted by atomic mass is 10.0. The van der Waals surface area contributed by atoms with Crippen molar-refractivity contribution in [3.05, 3.63) is 48.6 Å². The van der Waals surface area contributed by atoms with Gasteiger partial charge in [-0.25, -0.2) is 0 Å². The predicted octanol–water partition coefficient (Wildman–Crippen LogP) is 20.5. The summed E-state index contributed by atoms with van der Waals surface area (Å²) < 4.78 is 5.46. The van der Waals surface area contributed by atoms with E-state index in [1.807, 2.05) is 6.08 Å². The molecule has 6 heteroatoms. The number of rotatable bonds is 60. The summed E-state index contributed by atoms with van der Waals surface area (Å²) in [6, 6.07) is -0.624. The zero-order chi connectivity index (χ0) is 52.9. The van der Waals surface area contributed by atoms with Crippen LogP contribution in [0, 0.1) is 0 Å². The van der Waals surface area contributed by atoms with Crippen LogP contribution < -0.4 is 5.32 Å². The van der Waals surface area contributed by atoms with E-state index < -0.39 is 12.1 Å². The maximum Gasteiger partial charge on any atom is 0.305 e. The van der Waals surface area contributed by atoms with Crippen molar-refractivity contribution in [2.24, 2.45) is 0 Å². The Labute approximate surface area is 455 Å². The van der Waals surface area contributed by atoms with Crippen LogP contribution in [0.25, 0.3) is 0 Å². The third-order valence-corrected chi connectivity index (χ3v) is 14.8. The summed E-state index contributed by atoms with van der Waals surface area (Å²) >= 11 is 0. The minimum Gasteiger partial charge on any atom is -0.466 e. The van der Waals surface area contributed by atoms with E-state index in [1.165, 1.54) is 263 Å². The van der Waals surface area contributed by atoms with Crippen LogP contribution >= 0.6 is 0 Å². The first-order chi connectivity index (χ1) is 36.0. The molecule has 6 nitrogen and oxygen atoms in total. The summed E-state index contributed by atoms with van der Waals surface area (Å²) in [5.41, 5.74) is 0. The largest absolute Gasteiger partial charge is 0.466 e. The van der Waals surface area contributed by atoms with Gasteiger partial charge in [0.05, 0.1) is 25.4 Å². The summed E-state index contributed by atoms with van der Waals surface area (Å²) in [7, 11) is 0. The standard InChI is InChI=1S/C67H125NO5/c1-3-5-7-9-11-13-40-45-49-53-57-61-67(72)73-62-58-54-50-46-42-39-37-35-33-31-29-27-25-23-21-19-17-15-16-18-20-22-24-26-28-30-32-34-36-38-41-44-48-52-56-60-66(71)68-64(63-69)65(70)59-55-51-47-43-14-12-10-8-6-4-2/h9,11,17,19,23,25,55,59,64-65,69-70H,3-8,10,12-16,18,20-22,24,26-54,56-58,60-63H2,1-2H3,(H,68,71)/b11-9-,19-17-,25-23-,59-55+. The molecule has 428 valence electrons. The Balaban J connectivity index is 3.37. The number of allylic oxidation sites excluding steroid dienone is 7. The molecule has 0 rings (SSSR count). The normalized spacial score (nSPS) is 12.9. The summed E-state index contributed by atoms with van der Waals surface area (Å²) in [6.07, 6.45) is 80.5. The number of carbonyl (C=O) groups excluding carboxylic acids is 2. The summed E-state index contributed by atoms with van der Waals surface area (Å²) in [6.45, 7) is 4.85. The quantitative estimate of drug-likeness (QED) is 0.0320. The number of hydrogen-bond acceptors (Lipinski definition) is 5. The highest BCUT2D eigenvalue weighted by molar-refractivity contribution is 5.76. The molecule has 0 aliphatic carbocycles. The Hall–Kier alpha value is -2.18. The predicted molar refractivity (Wildman–Crippen MR) is 319 cm³/mol. The summed E-state index contributed by atoms with van der Waals surface area (Å²) in [4.78, 5) is 24.4. The molecule has 0 aromatic heterocycles. The highest BCUT2D eigenvalue weighted by Gasteiger charge is 2.18. The van der Waals surface area contributed by atoms with E-state index in [-0.39, 0.29) is 18.5 Å². The fraction of sp³-hybridized carbons (Fsp3) is 0.851. The maximum atomic E-state index is 12.4. The minimum atomic E-state index is -0.841. The van der Waals surface area contributed by atoms with Crippen LogP contribution in [0.4, 0.5) is 0 Å². The Morgan fingerprint density at radius 3 is 1.10 bits per heavy atom. The van der Waals surface area contributed by atoms with E-state index in [2.05, 4.69) is 55.6 Å². The zero-order valence-electron chi connectivity index (χ0n) is 48.9. The van der Waals surface area contributed by atoms with Gasteiger partial charge in [0.2, 0.25) is 5.91 Å². The van der Waals surface area contributed by atoms with Gasteiger partial charge < -0.3 is 20.3 Å². The second kappa shape index (κ2) is 62.4. The number of esters is 1. The molecule has 0 saturated carbocycles. The van der Waals surface area contributed by atoms with Crippen LogP contribution in [-0.4, -0.2) is 47.4 Å². The van der Waals surface area contributed by atoms with Crippen molar-refractivity contribution in [2.45, 2.75) is 353 Å². The highest BCUT2D eigenvalue weighted by Crippen LogP contribution is 2.17. The molecule has 0 bridgehead atoms. The van der Waals surface area contributed by atoms with Gasteiger partial charge in [-0.05, 0) is 83.5 Å². The van der Waals surface area contributed by atoms with Crippen LogP contribution in [0.5, 0.6) is 0 Å². The monoisotopic (exact) mass is 1020 g/mol. The van der Waals surface area contributed by atoms with Crippen LogP contribution in [-0.2, 0) is 14.3 Å². The molecule has 2 unspecified atom stereocenters. The van der Waals surface area contributed by atoms with Crippen molar-refractivity contribution in [1.29, 1.82) is 0 Å². The molecule has 0 heterocycles. The number of unbranched alkanes of at least 4 members (excludes halogenated alkanes) is 43. The maximum absolute atomic E-state index is 12.4. The van der Waals surface area contributed by atoms with Crippen LogP contribution in [0.3, 0.4) is 0 Å². The first-order valence-corrected chi connectivity index (χ1v) is 32.4. The fourth-order valence-corrected chi connectivity index (χ4v) is 9.82. The number of aliphatic hydroxyl groups is 2. The lowest BCUT2D eigenvalue weighted by Gasteiger charge is -2.20. The van der Waals surface area contributed by atoms with Gasteiger partial charge >= 0.3 is 5.97 Å². The molecule has 73 heavy (non-hydrogen) atoms. The number of ether oxygens (including phenoxy) is 1. The third-order valence-electron chi connectivity index (χ3n) is 14.8. The van der Waals surface area contributed by atoms with Crippen molar-refractivity contribution < 1.29 is 24.5 Å². The Bertz CT molecular complexity index is 1230. The molecule has 0 aromatic rings. The SMILES string of the molecule is CCCC/C=C\CCCCCCCC(=O)OCCCCCCCCCCCCC/C=C\C/C=C\CCCCCCCCCCCCCCCCCCCC(=O)NC(CO)C(O)/C=C/CCCCCCCCCC. The van der Waals surface area contributed by atoms with Crippen LogP contribution in [0.1, 0.15) is 341 Å². The van der Waals surface area contributed by atoms with Crippen molar-refractivity contribution in [3.8, 4) is 0 Å². The van der Waals surface area contributed by atoms with E-state index in [0.29, 0.717) is 19.4 Å². The van der Waals surface area contributed by atoms with Crippen LogP contribution in [0.2, 0.25) is 0 Å². The van der Waals surface area contributed by atoms with Gasteiger partial charge in [0.25, 0.3) is 0 Å². The summed E-state index contributed by atoms with van der Waals surface area (Å²) in [5.74, 6) is -0.0621. The van der Waals surface area contributed by atoms with Crippen molar-refractivity contribution in [3.63, 3.8) is 0 Å². The van der Waals surface area contributed by atoms with Crippen molar-refractivity contribution >= 4 is 11.9 Å². The van der Waals surface area contributed by atoms with Crippen LogP contribution in [0.15, 0.2) is 48.6 Å². The third kappa shape index (κ3) is 58.9. The average Bonchev–Trinajstić information content (AvgIpc) is 3.39. The van der Waals surface area contributed by atoms with Crippen molar-refractivity contribution in [1.82, 2.24) is 5.32 Å². The van der Waals surface area contributed by atoms with E-state index in [4.69, 9.17) is 4.74 Å². The number of aliphatic hydroxyl groups excluding tert-OH is 2. The van der Waals surface area contributed by atoms with Gasteiger partial charge in [-0.3, -0.25) is 9.59 Å². The smallest absolute Gasteiger partial charge is 0.305 e. The molecule has 0 aliphatic rings. The fourth-order valence-electron chi connectivity index (χ4n) is 9.82. The summed E-state index contributed by atoms with van der Waals surface area (Å²) in [5, 5.41) is 23.0. The van der Waals surface area contributed by atoms with Gasteiger partial charge in [-0.2, -0.15) is 0 Å². The highest BCUT2D eigenvalue weighted by atomic mass is 16.5. The molecule has 0 aromatic carbocycles. The zero-order valence-corrected chi connectivity index (χ0v) is 48.9. The number of carbonyl (C=O) groups is 2. The topological polar surface area (TPSA) is 95.9 Å². The lowest BCUT2D eigenvalue weighted by molar-refractivity contribution is -0.143. The molecule has 0 saturated heterocycles. The van der Waals surface area contributed by atoms with Gasteiger partial charge in [0.1, 0.15) is 0 Å². The molecule has 3 N–H and O–H groups in total. The van der Waals surface area contributed by atoms with E-state index in [9.17, 15) is 19.8 Å². The molecule has 0 spiro atoms. The first kappa shape index (κ1) is 70.8. The second-order valence-corrected chi connectivity index (χ2v) is 22.1. The van der Waals surface area contributed by atoms with Crippen molar-refractivity contribution in [2.75, 3.05) is 13.2 Å². The second-order valence-electron chi connectivity index (χ2n) is 22.1. The minimum absolute atomic E-state index is 0.00503. The molecule has 2 atom stereocenters. The molecule has 0 radical (unpaired) electrons. The van der Waals surface area contributed by atoms with Gasteiger partial charge in [0.15, 0.2) is 0 Å². The Kier molecular flexibility index (Phi) is 60.5. The molecule has 1 amide bonds.